The molecule has 0 saturated heterocycles. The Morgan fingerprint density at radius 1 is 1.33 bits per heavy atom. The predicted molar refractivity (Wildman–Crippen MR) is 77.4 cm³/mol. The molecule has 0 aliphatic heterocycles. The van der Waals surface area contributed by atoms with Crippen molar-refractivity contribution in [2.75, 3.05) is 0 Å². The van der Waals surface area contributed by atoms with Crippen LogP contribution in [0.15, 0.2) is 41.0 Å². The molecular weight excluding hydrogens is 290 g/mol. The number of hydrogen-bond acceptors (Lipinski definition) is 2. The molecule has 0 saturated carbocycles. The van der Waals surface area contributed by atoms with Crippen molar-refractivity contribution in [2.45, 2.75) is 32.4 Å². The van der Waals surface area contributed by atoms with Crippen LogP contribution in [0.2, 0.25) is 0 Å². The quantitative estimate of drug-likeness (QED) is 0.940. The predicted octanol–water partition coefficient (Wildman–Crippen LogP) is 3.47. The Bertz CT molecular complexity index is 519. The first kappa shape index (κ1) is 13.3. The van der Waals surface area contributed by atoms with E-state index >= 15 is 0 Å². The van der Waals surface area contributed by atoms with Crippen LogP contribution in [0.1, 0.15) is 37.2 Å². The Hall–Kier alpha value is -1.13. The highest BCUT2D eigenvalue weighted by Crippen LogP contribution is 2.19. The molecule has 1 heterocycles. The lowest BCUT2D eigenvalue weighted by Gasteiger charge is -2.11. The summed E-state index contributed by atoms with van der Waals surface area (Å²) in [4.78, 5) is 0. The minimum Gasteiger partial charge on any atom is -0.324 e. The normalized spacial score (nSPS) is 12.9. The Balaban J connectivity index is 2.08. The van der Waals surface area contributed by atoms with Gasteiger partial charge in [0.25, 0.3) is 0 Å². The van der Waals surface area contributed by atoms with E-state index in [4.69, 9.17) is 5.73 Å². The molecule has 0 fully saturated rings. The summed E-state index contributed by atoms with van der Waals surface area (Å²) >= 11 is 3.46. The summed E-state index contributed by atoms with van der Waals surface area (Å²) in [5.41, 5.74) is 8.38. The van der Waals surface area contributed by atoms with Crippen LogP contribution in [-0.2, 0) is 6.42 Å². The number of aromatic nitrogens is 2. The van der Waals surface area contributed by atoms with Crippen LogP contribution in [0.3, 0.4) is 0 Å². The van der Waals surface area contributed by atoms with Crippen molar-refractivity contribution in [1.29, 1.82) is 0 Å². The topological polar surface area (TPSA) is 43.8 Å². The summed E-state index contributed by atoms with van der Waals surface area (Å²) in [5.74, 6) is 0. The molecule has 1 aromatic heterocycles. The van der Waals surface area contributed by atoms with E-state index in [-0.39, 0.29) is 6.04 Å². The van der Waals surface area contributed by atoms with E-state index in [1.54, 1.807) is 0 Å². The van der Waals surface area contributed by atoms with Gasteiger partial charge < -0.3 is 5.73 Å². The Labute approximate surface area is 116 Å². The average molecular weight is 308 g/mol. The van der Waals surface area contributed by atoms with E-state index in [0.29, 0.717) is 6.04 Å². The zero-order valence-corrected chi connectivity index (χ0v) is 12.3. The molecule has 2 N–H and O–H groups in total. The van der Waals surface area contributed by atoms with Gasteiger partial charge in [-0.2, -0.15) is 5.10 Å². The van der Waals surface area contributed by atoms with E-state index < -0.39 is 0 Å². The Kier molecular flexibility index (Phi) is 4.19. The summed E-state index contributed by atoms with van der Waals surface area (Å²) in [7, 11) is 0. The summed E-state index contributed by atoms with van der Waals surface area (Å²) < 4.78 is 3.02. The van der Waals surface area contributed by atoms with E-state index in [1.165, 1.54) is 0 Å². The lowest BCUT2D eigenvalue weighted by molar-refractivity contribution is 0.522. The van der Waals surface area contributed by atoms with E-state index in [1.807, 2.05) is 29.1 Å². The van der Waals surface area contributed by atoms with Crippen molar-refractivity contribution in [2.24, 2.45) is 5.73 Å². The highest BCUT2D eigenvalue weighted by molar-refractivity contribution is 9.10. The van der Waals surface area contributed by atoms with Crippen LogP contribution < -0.4 is 5.73 Å². The van der Waals surface area contributed by atoms with Crippen molar-refractivity contribution >= 4 is 15.9 Å². The van der Waals surface area contributed by atoms with Gasteiger partial charge in [-0.05, 0) is 37.6 Å². The van der Waals surface area contributed by atoms with Crippen molar-refractivity contribution in [3.63, 3.8) is 0 Å². The number of nitrogens with two attached hydrogens (primary N) is 1. The van der Waals surface area contributed by atoms with Crippen molar-refractivity contribution in [3.8, 4) is 0 Å². The maximum absolute atomic E-state index is 6.21. The molecule has 2 aromatic rings. The molecule has 1 aromatic carbocycles. The van der Waals surface area contributed by atoms with Gasteiger partial charge >= 0.3 is 0 Å². The summed E-state index contributed by atoms with van der Waals surface area (Å²) in [5, 5.41) is 4.52. The van der Waals surface area contributed by atoms with Gasteiger partial charge in [0.2, 0.25) is 0 Å². The van der Waals surface area contributed by atoms with Crippen LogP contribution in [-0.4, -0.2) is 9.78 Å². The molecule has 0 aliphatic rings. The number of rotatable bonds is 4. The Morgan fingerprint density at radius 3 is 2.72 bits per heavy atom. The van der Waals surface area contributed by atoms with Crippen LogP contribution in [0.5, 0.6) is 0 Å². The molecule has 0 spiro atoms. The van der Waals surface area contributed by atoms with Gasteiger partial charge in [-0.3, -0.25) is 4.68 Å². The fourth-order valence-corrected chi connectivity index (χ4v) is 2.27. The molecule has 4 heteroatoms. The first-order valence-electron chi connectivity index (χ1n) is 6.11. The molecular formula is C14H18BrN3. The molecule has 0 bridgehead atoms. The van der Waals surface area contributed by atoms with Crippen LogP contribution in [0.25, 0.3) is 0 Å². The van der Waals surface area contributed by atoms with Crippen molar-refractivity contribution in [3.05, 3.63) is 52.3 Å². The number of hydrogen-bond donors (Lipinski definition) is 1. The smallest absolute Gasteiger partial charge is 0.0643 e. The van der Waals surface area contributed by atoms with E-state index in [2.05, 4.69) is 47.0 Å². The first-order valence-corrected chi connectivity index (χ1v) is 6.90. The molecule has 1 unspecified atom stereocenters. The van der Waals surface area contributed by atoms with Gasteiger partial charge in [0.15, 0.2) is 0 Å². The molecule has 1 atom stereocenters. The summed E-state index contributed by atoms with van der Waals surface area (Å²) in [6.07, 6.45) is 2.77. The molecule has 0 aliphatic carbocycles. The summed E-state index contributed by atoms with van der Waals surface area (Å²) in [6.45, 7) is 4.23. The van der Waals surface area contributed by atoms with Gasteiger partial charge in [-0.15, -0.1) is 0 Å². The minimum atomic E-state index is -0.0157. The average Bonchev–Trinajstić information content (AvgIpc) is 2.77. The number of benzene rings is 1. The van der Waals surface area contributed by atoms with Gasteiger partial charge in [0.1, 0.15) is 0 Å². The molecule has 3 nitrogen and oxygen atoms in total. The largest absolute Gasteiger partial charge is 0.324 e. The zero-order chi connectivity index (χ0) is 13.1. The molecule has 0 amide bonds. The third kappa shape index (κ3) is 3.21. The van der Waals surface area contributed by atoms with Gasteiger partial charge in [-0.25, -0.2) is 0 Å². The van der Waals surface area contributed by atoms with Crippen LogP contribution >= 0.6 is 15.9 Å². The SMILES string of the molecule is CC(C)n1ccc(CC(N)c2cccc(Br)c2)n1. The van der Waals surface area contributed by atoms with E-state index in [9.17, 15) is 0 Å². The second kappa shape index (κ2) is 5.67. The lowest BCUT2D eigenvalue weighted by Crippen LogP contribution is -2.14. The highest BCUT2D eigenvalue weighted by Gasteiger charge is 2.10. The number of nitrogens with zero attached hydrogens (tertiary/aromatic N) is 2. The number of halogens is 1. The minimum absolute atomic E-state index is 0.0157. The lowest BCUT2D eigenvalue weighted by atomic mass is 10.0. The van der Waals surface area contributed by atoms with E-state index in [0.717, 1.165) is 22.2 Å². The molecule has 96 valence electrons. The second-order valence-electron chi connectivity index (χ2n) is 4.75. The van der Waals surface area contributed by atoms with Crippen molar-refractivity contribution in [1.82, 2.24) is 9.78 Å². The molecule has 0 radical (unpaired) electrons. The van der Waals surface area contributed by atoms with Gasteiger partial charge in [-0.1, -0.05) is 28.1 Å². The van der Waals surface area contributed by atoms with Crippen molar-refractivity contribution < 1.29 is 0 Å². The van der Waals surface area contributed by atoms with Crippen LogP contribution in [0, 0.1) is 0 Å². The fourth-order valence-electron chi connectivity index (χ4n) is 1.85. The molecule has 18 heavy (non-hydrogen) atoms. The maximum Gasteiger partial charge on any atom is 0.0643 e. The third-order valence-electron chi connectivity index (χ3n) is 2.90. The fraction of sp³-hybridized carbons (Fsp3) is 0.357. The maximum atomic E-state index is 6.21. The standard InChI is InChI=1S/C14H18BrN3/c1-10(2)18-7-6-13(17-18)9-14(16)11-4-3-5-12(15)8-11/h3-8,10,14H,9,16H2,1-2H3. The second-order valence-corrected chi connectivity index (χ2v) is 5.66. The van der Waals surface area contributed by atoms with Gasteiger partial charge in [0, 0.05) is 29.2 Å². The third-order valence-corrected chi connectivity index (χ3v) is 3.39. The Morgan fingerprint density at radius 2 is 2.11 bits per heavy atom. The molecule has 2 rings (SSSR count). The van der Waals surface area contributed by atoms with Gasteiger partial charge in [0.05, 0.1) is 5.69 Å². The van der Waals surface area contributed by atoms with Crippen LogP contribution in [0.4, 0.5) is 0 Å². The highest BCUT2D eigenvalue weighted by atomic mass is 79.9. The first-order chi connectivity index (χ1) is 8.56. The zero-order valence-electron chi connectivity index (χ0n) is 10.7. The summed E-state index contributed by atoms with van der Waals surface area (Å²) in [6, 6.07) is 10.5. The monoisotopic (exact) mass is 307 g/mol.